The molecule has 4 heterocycles. The maximum absolute atomic E-state index is 12.7. The van der Waals surface area contributed by atoms with Gasteiger partial charge in [0.15, 0.2) is 5.65 Å². The molecule has 1 saturated heterocycles. The molecule has 1 aromatic carbocycles. The first-order chi connectivity index (χ1) is 13.8. The zero-order valence-corrected chi connectivity index (χ0v) is 15.8. The van der Waals surface area contributed by atoms with Crippen LogP contribution in [0, 0.1) is 0 Å². The topological polar surface area (TPSA) is 74.6 Å². The number of rotatable bonds is 2. The molecule has 142 valence electrons. The molecular formula is C21H22N6O. The lowest BCUT2D eigenvalue weighted by molar-refractivity contribution is 0.0964. The highest BCUT2D eigenvalue weighted by Crippen LogP contribution is 2.31. The smallest absolute Gasteiger partial charge is 0.254 e. The molecule has 28 heavy (non-hydrogen) atoms. The van der Waals surface area contributed by atoms with Crippen LogP contribution in [0.15, 0.2) is 42.6 Å². The molecule has 1 aliphatic rings. The first-order valence-corrected chi connectivity index (χ1v) is 9.64. The molecule has 4 aromatic rings. The van der Waals surface area contributed by atoms with Crippen molar-refractivity contribution in [2.24, 2.45) is 0 Å². The Morgan fingerprint density at radius 1 is 1.14 bits per heavy atom. The molecule has 2 N–H and O–H groups in total. The van der Waals surface area contributed by atoms with Crippen LogP contribution < -0.4 is 15.5 Å². The van der Waals surface area contributed by atoms with E-state index in [1.807, 2.05) is 47.0 Å². The summed E-state index contributed by atoms with van der Waals surface area (Å²) in [5.41, 5.74) is 4.94. The normalized spacial score (nSPS) is 15.2. The van der Waals surface area contributed by atoms with E-state index in [9.17, 15) is 4.79 Å². The Morgan fingerprint density at radius 3 is 2.93 bits per heavy atom. The number of carbonyl (C=O) groups is 1. The lowest BCUT2D eigenvalue weighted by atomic mass is 10.1. The summed E-state index contributed by atoms with van der Waals surface area (Å²) in [5, 5.41) is 7.17. The fourth-order valence-corrected chi connectivity index (χ4v) is 4.06. The molecule has 7 nitrogen and oxygen atoms in total. The molecule has 0 radical (unpaired) electrons. The van der Waals surface area contributed by atoms with Crippen molar-refractivity contribution >= 4 is 39.3 Å². The number of benzene rings is 1. The van der Waals surface area contributed by atoms with Gasteiger partial charge in [-0.15, -0.1) is 0 Å². The second-order valence-electron chi connectivity index (χ2n) is 7.05. The largest absolute Gasteiger partial charge is 0.370 e. The van der Waals surface area contributed by atoms with Crippen molar-refractivity contribution < 1.29 is 4.79 Å². The Hall–Kier alpha value is -3.19. The number of imidazole rings is 1. The SMILES string of the molecule is CNC(=O)c1cc2c(N3CCCNCC3)ccnc2n2c1nc1ccccc12. The van der Waals surface area contributed by atoms with Crippen molar-refractivity contribution in [1.82, 2.24) is 25.0 Å². The fourth-order valence-electron chi connectivity index (χ4n) is 4.06. The monoisotopic (exact) mass is 374 g/mol. The number of nitrogens with zero attached hydrogens (tertiary/aromatic N) is 4. The summed E-state index contributed by atoms with van der Waals surface area (Å²) in [4.78, 5) is 24.5. The van der Waals surface area contributed by atoms with Gasteiger partial charge >= 0.3 is 0 Å². The number of fused-ring (bicyclic) bond motifs is 5. The van der Waals surface area contributed by atoms with Gasteiger partial charge in [0.2, 0.25) is 0 Å². The number of para-hydroxylation sites is 2. The number of nitrogens with one attached hydrogen (secondary N) is 2. The average Bonchev–Trinajstić information content (AvgIpc) is 2.92. The van der Waals surface area contributed by atoms with Crippen LogP contribution in [-0.2, 0) is 0 Å². The van der Waals surface area contributed by atoms with Crippen LogP contribution in [0.2, 0.25) is 0 Å². The molecule has 0 atom stereocenters. The van der Waals surface area contributed by atoms with Crippen molar-refractivity contribution in [3.8, 4) is 0 Å². The highest BCUT2D eigenvalue weighted by molar-refractivity contribution is 6.07. The van der Waals surface area contributed by atoms with Crippen molar-refractivity contribution in [3.63, 3.8) is 0 Å². The summed E-state index contributed by atoms with van der Waals surface area (Å²) in [6.07, 6.45) is 2.94. The van der Waals surface area contributed by atoms with E-state index in [2.05, 4.69) is 20.5 Å². The molecule has 1 fully saturated rings. The first kappa shape index (κ1) is 16.9. The van der Waals surface area contributed by atoms with Gasteiger partial charge in [0.05, 0.1) is 16.6 Å². The van der Waals surface area contributed by atoms with Gasteiger partial charge in [0.1, 0.15) is 5.65 Å². The third-order valence-electron chi connectivity index (χ3n) is 5.40. The van der Waals surface area contributed by atoms with Crippen LogP contribution in [0.4, 0.5) is 5.69 Å². The molecule has 1 aliphatic heterocycles. The lowest BCUT2D eigenvalue weighted by Crippen LogP contribution is -2.28. The Morgan fingerprint density at radius 2 is 2.04 bits per heavy atom. The molecule has 5 rings (SSSR count). The Bertz CT molecular complexity index is 1190. The maximum atomic E-state index is 12.7. The van der Waals surface area contributed by atoms with Gasteiger partial charge in [0.25, 0.3) is 5.91 Å². The van der Waals surface area contributed by atoms with Crippen LogP contribution >= 0.6 is 0 Å². The van der Waals surface area contributed by atoms with Gasteiger partial charge in [-0.2, -0.15) is 0 Å². The zero-order chi connectivity index (χ0) is 19.1. The van der Waals surface area contributed by atoms with E-state index in [0.29, 0.717) is 11.2 Å². The van der Waals surface area contributed by atoms with Crippen LogP contribution in [0.25, 0.3) is 27.7 Å². The minimum atomic E-state index is -0.144. The molecule has 0 spiro atoms. The second kappa shape index (κ2) is 6.76. The minimum Gasteiger partial charge on any atom is -0.370 e. The Labute approximate surface area is 162 Å². The number of anilines is 1. The predicted octanol–water partition coefficient (Wildman–Crippen LogP) is 2.19. The number of carbonyl (C=O) groups excluding carboxylic acids is 1. The van der Waals surface area contributed by atoms with Crippen LogP contribution in [0.1, 0.15) is 16.8 Å². The average molecular weight is 374 g/mol. The molecule has 0 unspecified atom stereocenters. The summed E-state index contributed by atoms with van der Waals surface area (Å²) in [6.45, 7) is 3.88. The highest BCUT2D eigenvalue weighted by atomic mass is 16.1. The molecule has 1 amide bonds. The van der Waals surface area contributed by atoms with E-state index < -0.39 is 0 Å². The quantitative estimate of drug-likeness (QED) is 0.563. The molecule has 0 saturated carbocycles. The zero-order valence-electron chi connectivity index (χ0n) is 15.8. The number of hydrogen-bond donors (Lipinski definition) is 2. The van der Waals surface area contributed by atoms with Gasteiger partial charge in [-0.05, 0) is 37.2 Å². The van der Waals surface area contributed by atoms with E-state index in [4.69, 9.17) is 4.98 Å². The maximum Gasteiger partial charge on any atom is 0.254 e. The van der Waals surface area contributed by atoms with E-state index in [1.165, 1.54) is 0 Å². The van der Waals surface area contributed by atoms with Crippen molar-refractivity contribution in [1.29, 1.82) is 0 Å². The molecule has 7 heteroatoms. The van der Waals surface area contributed by atoms with E-state index in [1.54, 1.807) is 7.05 Å². The summed E-state index contributed by atoms with van der Waals surface area (Å²) in [6, 6.07) is 11.9. The number of amides is 1. The van der Waals surface area contributed by atoms with Crippen molar-refractivity contribution in [2.75, 3.05) is 38.1 Å². The third-order valence-corrected chi connectivity index (χ3v) is 5.40. The summed E-state index contributed by atoms with van der Waals surface area (Å²) in [5.74, 6) is -0.144. The van der Waals surface area contributed by atoms with E-state index >= 15 is 0 Å². The minimum absolute atomic E-state index is 0.144. The summed E-state index contributed by atoms with van der Waals surface area (Å²) < 4.78 is 2.01. The number of pyridine rings is 2. The number of hydrogen-bond acceptors (Lipinski definition) is 5. The molecule has 0 bridgehead atoms. The number of aromatic nitrogens is 3. The van der Waals surface area contributed by atoms with Crippen LogP contribution in [0.5, 0.6) is 0 Å². The van der Waals surface area contributed by atoms with Gasteiger partial charge in [-0.3, -0.25) is 9.20 Å². The predicted molar refractivity (Wildman–Crippen MR) is 111 cm³/mol. The Kier molecular flexibility index (Phi) is 4.09. The van der Waals surface area contributed by atoms with Crippen molar-refractivity contribution in [3.05, 3.63) is 48.2 Å². The van der Waals surface area contributed by atoms with Gasteiger partial charge in [0, 0.05) is 44.0 Å². The van der Waals surface area contributed by atoms with Gasteiger partial charge in [-0.25, -0.2) is 9.97 Å². The van der Waals surface area contributed by atoms with E-state index in [-0.39, 0.29) is 5.91 Å². The fraction of sp³-hybridized carbons (Fsp3) is 0.286. The second-order valence-corrected chi connectivity index (χ2v) is 7.05. The van der Waals surface area contributed by atoms with Gasteiger partial charge in [-0.1, -0.05) is 12.1 Å². The van der Waals surface area contributed by atoms with Crippen molar-refractivity contribution in [2.45, 2.75) is 6.42 Å². The molecule has 3 aromatic heterocycles. The first-order valence-electron chi connectivity index (χ1n) is 9.64. The lowest BCUT2D eigenvalue weighted by Gasteiger charge is -2.24. The summed E-state index contributed by atoms with van der Waals surface area (Å²) in [7, 11) is 1.65. The molecule has 0 aliphatic carbocycles. The standard InChI is InChI=1S/C21H22N6O/c1-22-21(28)15-13-14-17(26-11-4-8-23-10-12-26)7-9-24-19(14)27-18-6-3-2-5-16(18)25-20(15)27/h2-3,5-7,9,13,23H,4,8,10-12H2,1H3,(H,22,28). The highest BCUT2D eigenvalue weighted by Gasteiger charge is 2.21. The van der Waals surface area contributed by atoms with E-state index in [0.717, 1.165) is 60.4 Å². The summed E-state index contributed by atoms with van der Waals surface area (Å²) >= 11 is 0. The third kappa shape index (κ3) is 2.58. The Balaban J connectivity index is 1.87. The molecular weight excluding hydrogens is 352 g/mol. The van der Waals surface area contributed by atoms with Crippen LogP contribution in [-0.4, -0.2) is 53.5 Å². The van der Waals surface area contributed by atoms with Crippen LogP contribution in [0.3, 0.4) is 0 Å². The van der Waals surface area contributed by atoms with Gasteiger partial charge < -0.3 is 15.5 Å².